The predicted molar refractivity (Wildman–Crippen MR) is 83.2 cm³/mol. The Balaban J connectivity index is 1.87. The van der Waals surface area contributed by atoms with Gasteiger partial charge in [0.15, 0.2) is 11.5 Å². The SMILES string of the molecule is O=C(O)c1cc(-c2ccc(C3CCSCC3)c(Cl)c2)on1. The van der Waals surface area contributed by atoms with Crippen molar-refractivity contribution < 1.29 is 14.4 Å². The minimum Gasteiger partial charge on any atom is -0.476 e. The number of carboxylic acids is 1. The lowest BCUT2D eigenvalue weighted by Crippen LogP contribution is -2.08. The Morgan fingerprint density at radius 2 is 2.10 bits per heavy atom. The number of benzene rings is 1. The fraction of sp³-hybridized carbons (Fsp3) is 0.333. The van der Waals surface area contributed by atoms with Crippen molar-refractivity contribution in [2.45, 2.75) is 18.8 Å². The van der Waals surface area contributed by atoms with E-state index >= 15 is 0 Å². The van der Waals surface area contributed by atoms with E-state index < -0.39 is 5.97 Å². The molecule has 0 radical (unpaired) electrons. The van der Waals surface area contributed by atoms with Crippen molar-refractivity contribution in [2.75, 3.05) is 11.5 Å². The number of thioether (sulfide) groups is 1. The fourth-order valence-corrected chi connectivity index (χ4v) is 3.97. The predicted octanol–water partition coefficient (Wildman–Crippen LogP) is 4.30. The van der Waals surface area contributed by atoms with E-state index in [1.807, 2.05) is 30.0 Å². The Labute approximate surface area is 131 Å². The highest BCUT2D eigenvalue weighted by Gasteiger charge is 2.19. The zero-order valence-corrected chi connectivity index (χ0v) is 12.8. The van der Waals surface area contributed by atoms with Crippen LogP contribution in [0.4, 0.5) is 0 Å². The number of carbonyl (C=O) groups is 1. The summed E-state index contributed by atoms with van der Waals surface area (Å²) in [5.41, 5.74) is 1.81. The first-order valence-electron chi connectivity index (χ1n) is 6.72. The third-order valence-electron chi connectivity index (χ3n) is 3.68. The first-order valence-corrected chi connectivity index (χ1v) is 8.26. The Hall–Kier alpha value is -1.46. The molecule has 0 saturated carbocycles. The summed E-state index contributed by atoms with van der Waals surface area (Å²) < 4.78 is 5.06. The van der Waals surface area contributed by atoms with Gasteiger partial charge in [-0.15, -0.1) is 0 Å². The second-order valence-corrected chi connectivity index (χ2v) is 6.64. The van der Waals surface area contributed by atoms with Gasteiger partial charge in [0.1, 0.15) is 0 Å². The molecule has 1 aliphatic rings. The molecule has 1 aromatic heterocycles. The van der Waals surface area contributed by atoms with E-state index in [4.69, 9.17) is 21.2 Å². The molecule has 0 aliphatic carbocycles. The molecular formula is C15H14ClNO3S. The second kappa shape index (κ2) is 6.12. The van der Waals surface area contributed by atoms with Crippen molar-refractivity contribution in [3.8, 4) is 11.3 Å². The van der Waals surface area contributed by atoms with E-state index in [-0.39, 0.29) is 5.69 Å². The van der Waals surface area contributed by atoms with Crippen LogP contribution in [-0.2, 0) is 0 Å². The van der Waals surface area contributed by atoms with Crippen LogP contribution in [0.2, 0.25) is 5.02 Å². The van der Waals surface area contributed by atoms with Crippen LogP contribution in [0.15, 0.2) is 28.8 Å². The Morgan fingerprint density at radius 3 is 2.71 bits per heavy atom. The number of carboxylic acid groups (broad SMARTS) is 1. The first kappa shape index (κ1) is 14.5. The van der Waals surface area contributed by atoms with E-state index in [9.17, 15) is 4.79 Å². The molecule has 3 rings (SSSR count). The number of hydrogen-bond acceptors (Lipinski definition) is 4. The average molecular weight is 324 g/mol. The minimum atomic E-state index is -1.10. The van der Waals surface area contributed by atoms with Crippen molar-refractivity contribution in [3.63, 3.8) is 0 Å². The number of rotatable bonds is 3. The average Bonchev–Trinajstić information content (AvgIpc) is 2.98. The van der Waals surface area contributed by atoms with Gasteiger partial charge in [-0.05, 0) is 41.9 Å². The third-order valence-corrected chi connectivity index (χ3v) is 5.05. The van der Waals surface area contributed by atoms with Crippen LogP contribution in [0.5, 0.6) is 0 Å². The van der Waals surface area contributed by atoms with Crippen LogP contribution < -0.4 is 0 Å². The molecule has 0 atom stereocenters. The first-order chi connectivity index (χ1) is 10.1. The molecular weight excluding hydrogens is 310 g/mol. The Morgan fingerprint density at radius 1 is 1.33 bits per heavy atom. The highest BCUT2D eigenvalue weighted by Crippen LogP contribution is 2.37. The summed E-state index contributed by atoms with van der Waals surface area (Å²) in [6.07, 6.45) is 2.30. The van der Waals surface area contributed by atoms with Gasteiger partial charge in [-0.3, -0.25) is 0 Å². The van der Waals surface area contributed by atoms with Gasteiger partial charge in [-0.25, -0.2) is 4.79 Å². The van der Waals surface area contributed by atoms with E-state index in [2.05, 4.69) is 5.16 Å². The Bertz CT molecular complexity index is 665. The molecule has 0 spiro atoms. The van der Waals surface area contributed by atoms with E-state index in [1.165, 1.54) is 23.1 Å². The molecule has 2 aromatic rings. The van der Waals surface area contributed by atoms with Crippen LogP contribution >= 0.6 is 23.4 Å². The minimum absolute atomic E-state index is 0.102. The van der Waals surface area contributed by atoms with Crippen molar-refractivity contribution in [1.82, 2.24) is 5.16 Å². The molecule has 21 heavy (non-hydrogen) atoms. The summed E-state index contributed by atoms with van der Waals surface area (Å²) in [7, 11) is 0. The maximum absolute atomic E-state index is 10.8. The molecule has 2 heterocycles. The lowest BCUT2D eigenvalue weighted by Gasteiger charge is -2.22. The fourth-order valence-electron chi connectivity index (χ4n) is 2.53. The largest absolute Gasteiger partial charge is 0.476 e. The van der Waals surface area contributed by atoms with Crippen LogP contribution in [-0.4, -0.2) is 27.7 Å². The zero-order valence-electron chi connectivity index (χ0n) is 11.2. The van der Waals surface area contributed by atoms with Gasteiger partial charge in [0.25, 0.3) is 0 Å². The summed E-state index contributed by atoms with van der Waals surface area (Å²) >= 11 is 8.38. The van der Waals surface area contributed by atoms with E-state index in [1.54, 1.807) is 0 Å². The smallest absolute Gasteiger partial charge is 0.358 e. The standard InChI is InChI=1S/C15H14ClNO3S/c16-12-7-10(14-8-13(15(18)19)17-20-14)1-2-11(12)9-3-5-21-6-4-9/h1-2,7-9H,3-6H2,(H,18,19). The van der Waals surface area contributed by atoms with Gasteiger partial charge in [0.05, 0.1) is 0 Å². The van der Waals surface area contributed by atoms with Gasteiger partial charge in [-0.2, -0.15) is 11.8 Å². The summed E-state index contributed by atoms with van der Waals surface area (Å²) in [4.78, 5) is 10.8. The molecule has 1 N–H and O–H groups in total. The molecule has 110 valence electrons. The summed E-state index contributed by atoms with van der Waals surface area (Å²) in [5, 5.41) is 13.1. The highest BCUT2D eigenvalue weighted by molar-refractivity contribution is 7.99. The van der Waals surface area contributed by atoms with E-state index in [0.29, 0.717) is 16.7 Å². The molecule has 1 aromatic carbocycles. The van der Waals surface area contributed by atoms with Crippen LogP contribution in [0.25, 0.3) is 11.3 Å². The normalized spacial score (nSPS) is 16.0. The summed E-state index contributed by atoms with van der Waals surface area (Å²) in [6, 6.07) is 7.16. The molecule has 0 unspecified atom stereocenters. The quantitative estimate of drug-likeness (QED) is 0.912. The number of nitrogens with zero attached hydrogens (tertiary/aromatic N) is 1. The number of aromatic carboxylic acids is 1. The highest BCUT2D eigenvalue weighted by atomic mass is 35.5. The molecule has 6 heteroatoms. The van der Waals surface area contributed by atoms with Crippen LogP contribution in [0.1, 0.15) is 34.8 Å². The Kier molecular flexibility index (Phi) is 4.22. The topological polar surface area (TPSA) is 63.3 Å². The second-order valence-electron chi connectivity index (χ2n) is 5.00. The molecule has 0 bridgehead atoms. The number of aromatic nitrogens is 1. The summed E-state index contributed by atoms with van der Waals surface area (Å²) in [5.74, 6) is 2.17. The zero-order chi connectivity index (χ0) is 14.8. The lowest BCUT2D eigenvalue weighted by molar-refractivity contribution is 0.0686. The van der Waals surface area contributed by atoms with Gasteiger partial charge in [0.2, 0.25) is 0 Å². The molecule has 4 nitrogen and oxygen atoms in total. The van der Waals surface area contributed by atoms with Crippen molar-refractivity contribution >= 4 is 29.3 Å². The molecule has 1 saturated heterocycles. The summed E-state index contributed by atoms with van der Waals surface area (Å²) in [6.45, 7) is 0. The van der Waals surface area contributed by atoms with Gasteiger partial charge in [-0.1, -0.05) is 28.9 Å². The molecule has 1 aliphatic heterocycles. The third kappa shape index (κ3) is 3.09. The molecule has 0 amide bonds. The lowest BCUT2D eigenvalue weighted by atomic mass is 9.92. The molecule has 1 fully saturated rings. The van der Waals surface area contributed by atoms with Gasteiger partial charge < -0.3 is 9.63 Å². The van der Waals surface area contributed by atoms with Crippen LogP contribution in [0, 0.1) is 0 Å². The number of halogens is 1. The van der Waals surface area contributed by atoms with Crippen molar-refractivity contribution in [3.05, 3.63) is 40.5 Å². The van der Waals surface area contributed by atoms with Gasteiger partial charge in [0, 0.05) is 16.7 Å². The van der Waals surface area contributed by atoms with Crippen LogP contribution in [0.3, 0.4) is 0 Å². The van der Waals surface area contributed by atoms with Crippen molar-refractivity contribution in [1.29, 1.82) is 0 Å². The maximum Gasteiger partial charge on any atom is 0.358 e. The maximum atomic E-state index is 10.8. The number of hydrogen-bond donors (Lipinski definition) is 1. The van der Waals surface area contributed by atoms with E-state index in [0.717, 1.165) is 18.4 Å². The monoisotopic (exact) mass is 323 g/mol. The van der Waals surface area contributed by atoms with Crippen molar-refractivity contribution in [2.24, 2.45) is 0 Å². The van der Waals surface area contributed by atoms with Gasteiger partial charge >= 0.3 is 5.97 Å².